The molecule has 3 heterocycles. The number of rotatable bonds is 18. The Kier molecular flexibility index (Phi) is 40.9. The Morgan fingerprint density at radius 3 is 1.67 bits per heavy atom. The van der Waals surface area contributed by atoms with Gasteiger partial charge in [0.15, 0.2) is 0 Å². The van der Waals surface area contributed by atoms with Gasteiger partial charge >= 0.3 is 5.97 Å². The molecule has 3 aliphatic rings. The number of nitrogens with one attached hydrogen (secondary N) is 1. The summed E-state index contributed by atoms with van der Waals surface area (Å²) >= 11 is 4.95. The number of hydrogen-bond donors (Lipinski definition) is 5. The van der Waals surface area contributed by atoms with Crippen molar-refractivity contribution in [2.75, 3.05) is 36.1 Å². The molecular weight excluding hydrogens is 903 g/mol. The Morgan fingerprint density at radius 1 is 0.731 bits per heavy atom. The minimum Gasteiger partial charge on any atom is -0.399 e. The normalized spacial score (nSPS) is 14.2. The lowest BCUT2D eigenvalue weighted by Crippen LogP contribution is -2.33. The fraction of sp³-hybridized carbons (Fsp3) is 0.489. The smallest absolute Gasteiger partial charge is 0.333 e. The van der Waals surface area contributed by atoms with Crippen molar-refractivity contribution in [1.82, 2.24) is 20.2 Å². The van der Waals surface area contributed by atoms with Crippen LogP contribution in [0.3, 0.4) is 0 Å². The number of nitrogens with two attached hydrogens (primary N) is 3. The van der Waals surface area contributed by atoms with Crippen LogP contribution in [-0.4, -0.2) is 105 Å². The Bertz CT molecular complexity index is 1920. The van der Waals surface area contributed by atoms with Crippen LogP contribution in [0.5, 0.6) is 0 Å². The molecule has 380 valence electrons. The summed E-state index contributed by atoms with van der Waals surface area (Å²) in [5.41, 5.74) is 19.9. The number of likely N-dealkylation sites (tertiary alicyclic amines) is 1. The number of carbonyl (C=O) groups excluding carboxylic acids is 10. The molecule has 2 saturated heterocycles. The van der Waals surface area contributed by atoms with Gasteiger partial charge in [0.05, 0.1) is 5.25 Å². The summed E-state index contributed by atoms with van der Waals surface area (Å²) in [4.78, 5) is 120. The number of amides is 7. The lowest BCUT2D eigenvalue weighted by Gasteiger charge is -2.14. The minimum atomic E-state index is -0.749. The van der Waals surface area contributed by atoms with E-state index in [1.165, 1.54) is 16.7 Å². The highest BCUT2D eigenvalue weighted by atomic mass is 32.2. The van der Waals surface area contributed by atoms with Gasteiger partial charge in [-0.1, -0.05) is 76.3 Å². The SMILES string of the molecule is C.C.C.C.C.C.C.NCc1ccc(N)cc1.O=C(CCCN1C(=O)C=CC1=O)ON1C(=O)CCC1=O.[2H]C(=O)CCS.[2H]C(=O)CCSC1CC(=O)N(CCCC(=O)NCc2ccc(N)cc2)C1=O. The molecule has 1 unspecified atom stereocenters. The summed E-state index contributed by atoms with van der Waals surface area (Å²) in [6.07, 6.45) is 2.32. The second-order valence-corrected chi connectivity index (χ2v) is 14.6. The highest BCUT2D eigenvalue weighted by Crippen LogP contribution is 2.26. The van der Waals surface area contributed by atoms with E-state index in [4.69, 9.17) is 19.9 Å². The number of benzene rings is 2. The Morgan fingerprint density at radius 2 is 1.21 bits per heavy atom. The third kappa shape index (κ3) is 27.4. The zero-order valence-electron chi connectivity index (χ0n) is 34.9. The zero-order chi connectivity index (χ0) is 46.2. The van der Waals surface area contributed by atoms with Gasteiger partial charge in [0.1, 0.15) is 15.3 Å². The van der Waals surface area contributed by atoms with Crippen molar-refractivity contribution in [3.63, 3.8) is 0 Å². The van der Waals surface area contributed by atoms with Crippen molar-refractivity contribution >= 4 is 95.6 Å². The van der Waals surface area contributed by atoms with Crippen LogP contribution in [0.15, 0.2) is 60.7 Å². The van der Waals surface area contributed by atoms with Crippen LogP contribution in [0.1, 0.15) is 124 Å². The molecule has 3 aliphatic heterocycles. The number of thiol groups is 1. The van der Waals surface area contributed by atoms with E-state index in [0.717, 1.165) is 33.9 Å². The number of nitrogen functional groups attached to an aromatic ring is 2. The molecule has 7 N–H and O–H groups in total. The molecule has 67 heavy (non-hydrogen) atoms. The van der Waals surface area contributed by atoms with E-state index in [2.05, 4.69) is 22.8 Å². The summed E-state index contributed by atoms with van der Waals surface area (Å²) in [7, 11) is 0. The van der Waals surface area contributed by atoms with Crippen LogP contribution in [-0.2, 0) is 65.9 Å². The summed E-state index contributed by atoms with van der Waals surface area (Å²) in [5.74, 6) is -2.51. The molecule has 18 nitrogen and oxygen atoms in total. The van der Waals surface area contributed by atoms with Gasteiger partial charge in [-0.05, 0) is 54.0 Å². The molecule has 0 spiro atoms. The van der Waals surface area contributed by atoms with Gasteiger partial charge in [0, 0.05) is 100 Å². The Labute approximate surface area is 411 Å². The van der Waals surface area contributed by atoms with Crippen molar-refractivity contribution < 1.29 is 55.5 Å². The van der Waals surface area contributed by atoms with Gasteiger partial charge in [0.2, 0.25) is 17.7 Å². The number of aldehydes is 2. The predicted octanol–water partition coefficient (Wildman–Crippen LogP) is 6.10. The molecule has 1 atom stereocenters. The van der Waals surface area contributed by atoms with Gasteiger partial charge in [-0.25, -0.2) is 4.79 Å². The first-order valence-electron chi connectivity index (χ1n) is 19.8. The Hall–Kier alpha value is -5.86. The second-order valence-electron chi connectivity index (χ2n) is 12.8. The van der Waals surface area contributed by atoms with Crippen molar-refractivity contribution in [1.29, 1.82) is 0 Å². The molecule has 0 saturated carbocycles. The van der Waals surface area contributed by atoms with E-state index < -0.39 is 47.4 Å². The number of hydroxylamine groups is 2. The van der Waals surface area contributed by atoms with Crippen LogP contribution in [0, 0.1) is 0 Å². The van der Waals surface area contributed by atoms with Crippen LogP contribution in [0.25, 0.3) is 0 Å². The number of nitrogens with zero attached hydrogens (tertiary/aromatic N) is 3. The van der Waals surface area contributed by atoms with E-state index in [1.807, 2.05) is 36.4 Å². The molecular formula is C47H79N7O11S2. The summed E-state index contributed by atoms with van der Waals surface area (Å²) < 4.78 is 13.1. The van der Waals surface area contributed by atoms with Crippen LogP contribution in [0.2, 0.25) is 0 Å². The van der Waals surface area contributed by atoms with E-state index in [1.54, 1.807) is 12.1 Å². The second kappa shape index (κ2) is 40.4. The number of carbonyl (C=O) groups is 10. The highest BCUT2D eigenvalue weighted by Gasteiger charge is 2.38. The molecule has 7 amide bonds. The van der Waals surface area contributed by atoms with E-state index in [0.29, 0.717) is 41.8 Å². The topological polar surface area (TPSA) is 280 Å². The van der Waals surface area contributed by atoms with Gasteiger partial charge in [0.25, 0.3) is 23.6 Å². The minimum absolute atomic E-state index is 0. The quantitative estimate of drug-likeness (QED) is 0.0488. The third-order valence-electron chi connectivity index (χ3n) is 8.27. The lowest BCUT2D eigenvalue weighted by molar-refractivity contribution is -0.197. The standard InChI is InChI=1S/C18H23N3O4S.C12H12N2O6.C7H10N2.C3H6OS.7CH4/c19-14-6-4-13(5-7-14)12-20-16(23)3-1-8-21-17(24)11-15(18(21)25)26-10-2-9-22;15-8-3-4-9(16)13(8)7-1-2-12(19)20-14-10(17)5-6-11(14)18;8-5-6-1-3-7(9)4-2-6;4-2-1-3-5;;;;;;;/h4-7,9,15H,1-3,8,10-12,19H2,(H,20,23);3-4H,1-2,5-7H2;1-4H,5,8-9H2;2,5H,1,3H2;7*1H4/i9D;;;2D;;;;;;;. The van der Waals surface area contributed by atoms with Gasteiger partial charge < -0.3 is 36.9 Å². The monoisotopic (exact) mass is 984 g/mol. The first-order chi connectivity index (χ1) is 29.4. The summed E-state index contributed by atoms with van der Waals surface area (Å²) in [6.45, 7) is 1.28. The molecule has 5 rings (SSSR count). The molecule has 2 aromatic rings. The van der Waals surface area contributed by atoms with Gasteiger partial charge in [-0.2, -0.15) is 12.6 Å². The summed E-state index contributed by atoms with van der Waals surface area (Å²) in [5, 5.41) is 2.77. The van der Waals surface area contributed by atoms with E-state index in [-0.39, 0.29) is 134 Å². The van der Waals surface area contributed by atoms with Crippen molar-refractivity contribution in [2.45, 2.75) is 128 Å². The maximum absolute atomic E-state index is 12.2. The molecule has 0 aromatic heterocycles. The van der Waals surface area contributed by atoms with Crippen molar-refractivity contribution in [3.8, 4) is 0 Å². The molecule has 2 aromatic carbocycles. The largest absolute Gasteiger partial charge is 0.399 e. The van der Waals surface area contributed by atoms with Crippen LogP contribution >= 0.6 is 24.4 Å². The average molecular weight is 984 g/mol. The van der Waals surface area contributed by atoms with Crippen molar-refractivity contribution in [3.05, 3.63) is 71.8 Å². The fourth-order valence-electron chi connectivity index (χ4n) is 5.12. The zero-order valence-corrected chi connectivity index (χ0v) is 34.6. The number of imide groups is 3. The molecule has 0 radical (unpaired) electrons. The van der Waals surface area contributed by atoms with Gasteiger partial charge in [-0.3, -0.25) is 43.4 Å². The molecule has 0 aliphatic carbocycles. The maximum atomic E-state index is 12.2. The first kappa shape index (κ1) is 67.7. The Balaban J connectivity index is -0.000000209. The fourth-order valence-corrected chi connectivity index (χ4v) is 6.23. The predicted molar refractivity (Wildman–Crippen MR) is 273 cm³/mol. The van der Waals surface area contributed by atoms with Crippen molar-refractivity contribution in [2.24, 2.45) is 5.73 Å². The number of anilines is 2. The molecule has 20 heteroatoms. The highest BCUT2D eigenvalue weighted by molar-refractivity contribution is 8.00. The summed E-state index contributed by atoms with van der Waals surface area (Å²) in [6, 6.07) is 14.8. The van der Waals surface area contributed by atoms with Crippen LogP contribution < -0.4 is 22.5 Å². The molecule has 2 fully saturated rings. The van der Waals surface area contributed by atoms with Gasteiger partial charge in [-0.15, -0.1) is 16.8 Å². The molecule has 0 bridgehead atoms. The first-order valence-corrected chi connectivity index (χ1v) is 20.4. The maximum Gasteiger partial charge on any atom is 0.333 e. The number of hydrogen-bond acceptors (Lipinski definition) is 16. The average Bonchev–Trinajstić information content (AvgIpc) is 3.82. The van der Waals surface area contributed by atoms with E-state index >= 15 is 0 Å². The lowest BCUT2D eigenvalue weighted by atomic mass is 10.2. The third-order valence-corrected chi connectivity index (χ3v) is 9.71. The van der Waals surface area contributed by atoms with Crippen LogP contribution in [0.4, 0.5) is 11.4 Å². The van der Waals surface area contributed by atoms with E-state index in [9.17, 15) is 47.9 Å². The number of thioether (sulfide) groups is 1.